The summed E-state index contributed by atoms with van der Waals surface area (Å²) in [4.78, 5) is 2.47. The van der Waals surface area contributed by atoms with E-state index in [0.717, 1.165) is 24.8 Å². The van der Waals surface area contributed by atoms with Crippen LogP contribution in [0.15, 0.2) is 46.4 Å². The van der Waals surface area contributed by atoms with Crippen LogP contribution in [0.3, 0.4) is 0 Å². The highest BCUT2D eigenvalue weighted by atomic mass is 32.2. The summed E-state index contributed by atoms with van der Waals surface area (Å²) in [6, 6.07) is 10.5. The lowest BCUT2D eigenvalue weighted by atomic mass is 10.2. The Morgan fingerprint density at radius 3 is 2.54 bits per heavy atom. The van der Waals surface area contributed by atoms with Crippen LogP contribution in [0.2, 0.25) is 0 Å². The van der Waals surface area contributed by atoms with E-state index in [1.807, 2.05) is 13.0 Å². The molecule has 0 spiro atoms. The van der Waals surface area contributed by atoms with Gasteiger partial charge in [0.15, 0.2) is 11.5 Å². The molecule has 0 aliphatic rings. The van der Waals surface area contributed by atoms with Gasteiger partial charge in [-0.1, -0.05) is 37.5 Å². The zero-order valence-electron chi connectivity index (χ0n) is 16.9. The fourth-order valence-corrected chi connectivity index (χ4v) is 3.76. The maximum Gasteiger partial charge on any atom is 0.276 e. The number of ether oxygens (including phenoxy) is 2. The summed E-state index contributed by atoms with van der Waals surface area (Å²) in [5.41, 5.74) is 2.37. The highest BCUT2D eigenvalue weighted by Crippen LogP contribution is 2.27. The van der Waals surface area contributed by atoms with Crippen molar-refractivity contribution in [1.29, 1.82) is 0 Å². The summed E-state index contributed by atoms with van der Waals surface area (Å²) in [7, 11) is -2.16. The van der Waals surface area contributed by atoms with Crippen LogP contribution in [-0.4, -0.2) is 28.3 Å². The van der Waals surface area contributed by atoms with Crippen molar-refractivity contribution in [3.8, 4) is 11.5 Å². The second-order valence-corrected chi connectivity index (χ2v) is 8.22. The van der Waals surface area contributed by atoms with E-state index < -0.39 is 10.0 Å². The molecule has 7 heteroatoms. The minimum Gasteiger partial charge on any atom is -0.493 e. The van der Waals surface area contributed by atoms with E-state index in [1.54, 1.807) is 44.4 Å². The van der Waals surface area contributed by atoms with Gasteiger partial charge in [-0.15, -0.1) is 0 Å². The second kappa shape index (κ2) is 10.1. The Bertz CT molecular complexity index is 924. The fraction of sp³-hybridized carbons (Fsp3) is 0.381. The summed E-state index contributed by atoms with van der Waals surface area (Å²) in [5, 5.41) is 3.89. The lowest BCUT2D eigenvalue weighted by Gasteiger charge is -2.11. The van der Waals surface area contributed by atoms with E-state index in [1.165, 1.54) is 6.21 Å². The number of methoxy groups -OCH3 is 1. The van der Waals surface area contributed by atoms with Crippen LogP contribution in [-0.2, 0) is 10.0 Å². The van der Waals surface area contributed by atoms with Crippen molar-refractivity contribution in [3.63, 3.8) is 0 Å². The zero-order chi connectivity index (χ0) is 20.6. The van der Waals surface area contributed by atoms with E-state index in [0.29, 0.717) is 29.2 Å². The lowest BCUT2D eigenvalue weighted by Crippen LogP contribution is -2.19. The molecule has 28 heavy (non-hydrogen) atoms. The number of sulfonamides is 1. The molecule has 2 rings (SSSR count). The Balaban J connectivity index is 2.07. The molecule has 0 atom stereocenters. The summed E-state index contributed by atoms with van der Waals surface area (Å²) in [6.45, 7) is 6.45. The number of benzene rings is 2. The highest BCUT2D eigenvalue weighted by Gasteiger charge is 2.15. The molecular formula is C21H28N2O4S. The van der Waals surface area contributed by atoms with Crippen molar-refractivity contribution in [1.82, 2.24) is 4.83 Å². The van der Waals surface area contributed by atoms with Gasteiger partial charge in [0.1, 0.15) is 0 Å². The lowest BCUT2D eigenvalue weighted by molar-refractivity contribution is 0.286. The Labute approximate surface area is 167 Å². The van der Waals surface area contributed by atoms with Gasteiger partial charge in [0.25, 0.3) is 10.0 Å². The monoisotopic (exact) mass is 404 g/mol. The first kappa shape index (κ1) is 21.8. The van der Waals surface area contributed by atoms with Crippen molar-refractivity contribution in [3.05, 3.63) is 53.1 Å². The van der Waals surface area contributed by atoms with Crippen molar-refractivity contribution in [2.75, 3.05) is 13.7 Å². The number of unbranched alkanes of at least 4 members (excludes halogenated alkanes) is 2. The summed E-state index contributed by atoms with van der Waals surface area (Å²) >= 11 is 0. The number of nitrogens with one attached hydrogen (secondary N) is 1. The van der Waals surface area contributed by atoms with Gasteiger partial charge in [-0.2, -0.15) is 13.5 Å². The van der Waals surface area contributed by atoms with E-state index >= 15 is 0 Å². The Morgan fingerprint density at radius 2 is 1.86 bits per heavy atom. The molecule has 0 heterocycles. The first-order chi connectivity index (χ1) is 13.4. The van der Waals surface area contributed by atoms with Gasteiger partial charge >= 0.3 is 0 Å². The summed E-state index contributed by atoms with van der Waals surface area (Å²) < 4.78 is 36.0. The van der Waals surface area contributed by atoms with E-state index in [-0.39, 0.29) is 4.90 Å². The van der Waals surface area contributed by atoms with Crippen LogP contribution < -0.4 is 14.3 Å². The van der Waals surface area contributed by atoms with Gasteiger partial charge in [0, 0.05) is 0 Å². The quantitative estimate of drug-likeness (QED) is 0.366. The van der Waals surface area contributed by atoms with Gasteiger partial charge in [-0.05, 0) is 55.7 Å². The van der Waals surface area contributed by atoms with Gasteiger partial charge < -0.3 is 9.47 Å². The molecule has 1 N–H and O–H groups in total. The van der Waals surface area contributed by atoms with Crippen LogP contribution in [0.25, 0.3) is 0 Å². The standard InChI is InChI=1S/C21H28N2O4S/c1-5-6-7-12-27-19-10-9-18(14-20(19)26-4)15-22-23-28(24,25)21-11-8-16(2)13-17(21)3/h8-11,13-15,23H,5-7,12H2,1-4H3/b22-15+. The average molecular weight is 405 g/mol. The SMILES string of the molecule is CCCCCOc1ccc(/C=N/NS(=O)(=O)c2ccc(C)cc2C)cc1OC. The van der Waals surface area contributed by atoms with Crippen molar-refractivity contribution in [2.45, 2.75) is 44.9 Å². The third kappa shape index (κ3) is 5.99. The number of aryl methyl sites for hydroxylation is 2. The number of rotatable bonds is 10. The van der Waals surface area contributed by atoms with Crippen LogP contribution in [0.4, 0.5) is 0 Å². The maximum atomic E-state index is 12.4. The molecule has 0 bridgehead atoms. The molecule has 2 aromatic carbocycles. The minimum absolute atomic E-state index is 0.212. The van der Waals surface area contributed by atoms with E-state index in [2.05, 4.69) is 16.9 Å². The summed E-state index contributed by atoms with van der Waals surface area (Å²) in [6.07, 6.45) is 4.68. The molecule has 2 aromatic rings. The predicted molar refractivity (Wildman–Crippen MR) is 112 cm³/mol. The van der Waals surface area contributed by atoms with E-state index in [9.17, 15) is 8.42 Å². The molecule has 0 aromatic heterocycles. The minimum atomic E-state index is -3.72. The largest absolute Gasteiger partial charge is 0.493 e. The third-order valence-electron chi connectivity index (χ3n) is 4.20. The molecule has 0 unspecified atom stereocenters. The molecule has 0 aliphatic carbocycles. The van der Waals surface area contributed by atoms with Gasteiger partial charge in [0.05, 0.1) is 24.8 Å². The molecule has 0 radical (unpaired) electrons. The van der Waals surface area contributed by atoms with Gasteiger partial charge in [-0.3, -0.25) is 0 Å². The van der Waals surface area contributed by atoms with E-state index in [4.69, 9.17) is 9.47 Å². The topological polar surface area (TPSA) is 77.0 Å². The summed E-state index contributed by atoms with van der Waals surface area (Å²) in [5.74, 6) is 1.24. The van der Waals surface area contributed by atoms with Crippen molar-refractivity contribution < 1.29 is 17.9 Å². The maximum absolute atomic E-state index is 12.4. The van der Waals surface area contributed by atoms with Crippen LogP contribution in [0, 0.1) is 13.8 Å². The Morgan fingerprint density at radius 1 is 1.07 bits per heavy atom. The molecule has 0 fully saturated rings. The third-order valence-corrected chi connectivity index (χ3v) is 5.58. The average Bonchev–Trinajstić information content (AvgIpc) is 2.65. The number of hydrogen-bond acceptors (Lipinski definition) is 5. The Hall–Kier alpha value is -2.54. The predicted octanol–water partition coefficient (Wildman–Crippen LogP) is 4.19. The number of hydrazone groups is 1. The number of hydrogen-bond donors (Lipinski definition) is 1. The smallest absolute Gasteiger partial charge is 0.276 e. The van der Waals surface area contributed by atoms with Gasteiger partial charge in [-0.25, -0.2) is 4.83 Å². The molecule has 0 saturated carbocycles. The van der Waals surface area contributed by atoms with Crippen LogP contribution in [0.1, 0.15) is 42.9 Å². The first-order valence-electron chi connectivity index (χ1n) is 9.30. The highest BCUT2D eigenvalue weighted by molar-refractivity contribution is 7.89. The van der Waals surface area contributed by atoms with Crippen LogP contribution >= 0.6 is 0 Å². The fourth-order valence-electron chi connectivity index (χ4n) is 2.74. The molecule has 152 valence electrons. The van der Waals surface area contributed by atoms with Gasteiger partial charge in [0.2, 0.25) is 0 Å². The second-order valence-electron chi connectivity index (χ2n) is 6.59. The molecule has 6 nitrogen and oxygen atoms in total. The van der Waals surface area contributed by atoms with Crippen molar-refractivity contribution in [2.24, 2.45) is 5.10 Å². The molecular weight excluding hydrogens is 376 g/mol. The first-order valence-corrected chi connectivity index (χ1v) is 10.8. The molecule has 0 saturated heterocycles. The zero-order valence-corrected chi connectivity index (χ0v) is 17.7. The molecule has 0 aliphatic heterocycles. The van der Waals surface area contributed by atoms with Crippen LogP contribution in [0.5, 0.6) is 11.5 Å². The van der Waals surface area contributed by atoms with Crippen molar-refractivity contribution >= 4 is 16.2 Å². The molecule has 0 amide bonds. The normalized spacial score (nSPS) is 11.6. The Kier molecular flexibility index (Phi) is 7.87. The number of nitrogens with zero attached hydrogens (tertiary/aromatic N) is 1.